The molecule has 1 aromatic rings. The highest BCUT2D eigenvalue weighted by molar-refractivity contribution is 7.89. The third kappa shape index (κ3) is 6.28. The van der Waals surface area contributed by atoms with Crippen molar-refractivity contribution in [3.05, 3.63) is 29.8 Å². The van der Waals surface area contributed by atoms with Gasteiger partial charge in [0.25, 0.3) is 0 Å². The van der Waals surface area contributed by atoms with Crippen LogP contribution in [0.5, 0.6) is 0 Å². The first-order valence-electron chi connectivity index (χ1n) is 8.26. The summed E-state index contributed by atoms with van der Waals surface area (Å²) in [6.45, 7) is 4.94. The standard InChI is InChI=1S/C16H26N4O4S/c1-24-13-7-18-16(21)20-11-9-19(10-12-20)8-6-14-2-4-15(5-3-14)25(17,22)23/h2-5H,6-13H2,1H3,(H,18,21)(H2,17,22,23). The molecule has 0 radical (unpaired) electrons. The van der Waals surface area contributed by atoms with Crippen LogP contribution in [0.2, 0.25) is 0 Å². The lowest BCUT2D eigenvalue weighted by Crippen LogP contribution is -2.52. The van der Waals surface area contributed by atoms with E-state index in [-0.39, 0.29) is 10.9 Å². The molecule has 2 rings (SSSR count). The van der Waals surface area contributed by atoms with E-state index in [1.54, 1.807) is 19.2 Å². The molecular formula is C16H26N4O4S. The van der Waals surface area contributed by atoms with Gasteiger partial charge in [-0.1, -0.05) is 12.1 Å². The van der Waals surface area contributed by atoms with E-state index in [2.05, 4.69) is 10.2 Å². The van der Waals surface area contributed by atoms with Crippen LogP contribution >= 0.6 is 0 Å². The third-order valence-corrected chi connectivity index (χ3v) is 5.14. The summed E-state index contributed by atoms with van der Waals surface area (Å²) in [4.78, 5) is 16.2. The zero-order valence-corrected chi connectivity index (χ0v) is 15.3. The molecule has 9 heteroatoms. The van der Waals surface area contributed by atoms with Crippen molar-refractivity contribution in [2.75, 3.05) is 53.0 Å². The number of primary sulfonamides is 1. The van der Waals surface area contributed by atoms with Crippen molar-refractivity contribution >= 4 is 16.1 Å². The molecule has 140 valence electrons. The molecule has 25 heavy (non-hydrogen) atoms. The van der Waals surface area contributed by atoms with Crippen molar-refractivity contribution in [3.63, 3.8) is 0 Å². The Morgan fingerprint density at radius 1 is 1.20 bits per heavy atom. The number of rotatable bonds is 7. The lowest BCUT2D eigenvalue weighted by molar-refractivity contribution is 0.136. The molecule has 1 aromatic carbocycles. The van der Waals surface area contributed by atoms with Gasteiger partial charge in [-0.05, 0) is 24.1 Å². The number of hydrogen-bond donors (Lipinski definition) is 2. The highest BCUT2D eigenvalue weighted by Crippen LogP contribution is 2.10. The Morgan fingerprint density at radius 3 is 2.40 bits per heavy atom. The number of benzene rings is 1. The van der Waals surface area contributed by atoms with Gasteiger partial charge < -0.3 is 15.0 Å². The second kappa shape index (κ2) is 9.14. The molecule has 0 atom stereocenters. The number of nitrogens with one attached hydrogen (secondary N) is 1. The minimum absolute atomic E-state index is 0.0460. The molecule has 0 unspecified atom stereocenters. The van der Waals surface area contributed by atoms with Gasteiger partial charge in [-0.3, -0.25) is 4.90 Å². The quantitative estimate of drug-likeness (QED) is 0.650. The van der Waals surface area contributed by atoms with Crippen LogP contribution in [-0.2, 0) is 21.2 Å². The van der Waals surface area contributed by atoms with Crippen LogP contribution in [0.1, 0.15) is 5.56 Å². The molecule has 0 aliphatic carbocycles. The Labute approximate surface area is 149 Å². The number of hydrogen-bond acceptors (Lipinski definition) is 5. The van der Waals surface area contributed by atoms with Crippen molar-refractivity contribution in [2.45, 2.75) is 11.3 Å². The number of ether oxygens (including phenoxy) is 1. The van der Waals surface area contributed by atoms with Gasteiger partial charge >= 0.3 is 6.03 Å². The van der Waals surface area contributed by atoms with E-state index in [4.69, 9.17) is 9.88 Å². The van der Waals surface area contributed by atoms with E-state index in [9.17, 15) is 13.2 Å². The summed E-state index contributed by atoms with van der Waals surface area (Å²) in [5, 5.41) is 7.92. The van der Waals surface area contributed by atoms with Crippen molar-refractivity contribution in [2.24, 2.45) is 5.14 Å². The van der Waals surface area contributed by atoms with Gasteiger partial charge in [0.05, 0.1) is 11.5 Å². The Bertz CT molecular complexity index is 655. The predicted octanol–water partition coefficient (Wildman–Crippen LogP) is -0.150. The maximum atomic E-state index is 12.0. The van der Waals surface area contributed by atoms with Crippen LogP contribution in [0.15, 0.2) is 29.2 Å². The van der Waals surface area contributed by atoms with Crippen LogP contribution in [0.4, 0.5) is 4.79 Å². The average molecular weight is 370 g/mol. The van der Waals surface area contributed by atoms with E-state index in [0.717, 1.165) is 31.6 Å². The Morgan fingerprint density at radius 2 is 1.84 bits per heavy atom. The van der Waals surface area contributed by atoms with Gasteiger partial charge in [-0.2, -0.15) is 0 Å². The van der Waals surface area contributed by atoms with E-state index in [0.29, 0.717) is 26.2 Å². The fourth-order valence-corrected chi connectivity index (χ4v) is 3.19. The number of nitrogens with zero attached hydrogens (tertiary/aromatic N) is 2. The summed E-state index contributed by atoms with van der Waals surface area (Å²) in [5.41, 5.74) is 1.06. The molecule has 0 aromatic heterocycles. The molecule has 0 saturated carbocycles. The van der Waals surface area contributed by atoms with Crippen molar-refractivity contribution in [3.8, 4) is 0 Å². The largest absolute Gasteiger partial charge is 0.383 e. The molecule has 8 nitrogen and oxygen atoms in total. The lowest BCUT2D eigenvalue weighted by Gasteiger charge is -2.34. The molecule has 1 fully saturated rings. The number of piperazine rings is 1. The third-order valence-electron chi connectivity index (χ3n) is 4.21. The van der Waals surface area contributed by atoms with Gasteiger partial charge in [0, 0.05) is 46.4 Å². The topological polar surface area (TPSA) is 105 Å². The fourth-order valence-electron chi connectivity index (χ4n) is 2.68. The SMILES string of the molecule is COCCNC(=O)N1CCN(CCc2ccc(S(N)(=O)=O)cc2)CC1. The summed E-state index contributed by atoms with van der Waals surface area (Å²) in [7, 11) is -2.03. The number of carbonyl (C=O) groups is 1. The number of nitrogens with two attached hydrogens (primary N) is 1. The maximum absolute atomic E-state index is 12.0. The summed E-state index contributed by atoms with van der Waals surface area (Å²) in [6, 6.07) is 6.61. The molecule has 1 saturated heterocycles. The number of methoxy groups -OCH3 is 1. The van der Waals surface area contributed by atoms with Crippen LogP contribution in [0.25, 0.3) is 0 Å². The number of sulfonamides is 1. The normalized spacial score (nSPS) is 16.0. The highest BCUT2D eigenvalue weighted by atomic mass is 32.2. The summed E-state index contributed by atoms with van der Waals surface area (Å²) < 4.78 is 27.4. The maximum Gasteiger partial charge on any atom is 0.317 e. The molecule has 1 heterocycles. The van der Waals surface area contributed by atoms with Crippen molar-refractivity contribution in [1.29, 1.82) is 0 Å². The van der Waals surface area contributed by atoms with Crippen LogP contribution in [0, 0.1) is 0 Å². The van der Waals surface area contributed by atoms with Gasteiger partial charge in [0.2, 0.25) is 10.0 Å². The monoisotopic (exact) mass is 370 g/mol. The summed E-state index contributed by atoms with van der Waals surface area (Å²) in [6.07, 6.45) is 0.824. The average Bonchev–Trinajstić information content (AvgIpc) is 2.60. The zero-order valence-electron chi connectivity index (χ0n) is 14.5. The van der Waals surface area contributed by atoms with Gasteiger partial charge in [-0.25, -0.2) is 18.4 Å². The minimum atomic E-state index is -3.64. The Kier molecular flexibility index (Phi) is 7.18. The van der Waals surface area contributed by atoms with Crippen LogP contribution < -0.4 is 10.5 Å². The second-order valence-corrected chi connectivity index (χ2v) is 7.55. The van der Waals surface area contributed by atoms with E-state index < -0.39 is 10.0 Å². The number of carbonyl (C=O) groups excluding carboxylic acids is 1. The summed E-state index contributed by atoms with van der Waals surface area (Å²) >= 11 is 0. The molecule has 2 amide bonds. The molecule has 1 aliphatic heterocycles. The molecule has 0 bridgehead atoms. The minimum Gasteiger partial charge on any atom is -0.383 e. The van der Waals surface area contributed by atoms with Crippen molar-refractivity contribution in [1.82, 2.24) is 15.1 Å². The van der Waals surface area contributed by atoms with Crippen LogP contribution in [0.3, 0.4) is 0 Å². The number of amides is 2. The first-order chi connectivity index (χ1) is 11.9. The lowest BCUT2D eigenvalue weighted by atomic mass is 10.1. The predicted molar refractivity (Wildman–Crippen MR) is 94.8 cm³/mol. The van der Waals surface area contributed by atoms with E-state index in [1.807, 2.05) is 4.90 Å². The van der Waals surface area contributed by atoms with Gasteiger partial charge in [0.15, 0.2) is 0 Å². The molecule has 3 N–H and O–H groups in total. The smallest absolute Gasteiger partial charge is 0.317 e. The number of urea groups is 1. The summed E-state index contributed by atoms with van der Waals surface area (Å²) in [5.74, 6) is 0. The molecule has 0 spiro atoms. The highest BCUT2D eigenvalue weighted by Gasteiger charge is 2.20. The fraction of sp³-hybridized carbons (Fsp3) is 0.562. The first kappa shape index (κ1) is 19.6. The molecule has 1 aliphatic rings. The molecular weight excluding hydrogens is 344 g/mol. The van der Waals surface area contributed by atoms with Gasteiger partial charge in [-0.15, -0.1) is 0 Å². The zero-order chi connectivity index (χ0) is 18.3. The van der Waals surface area contributed by atoms with Crippen LogP contribution in [-0.4, -0.2) is 77.2 Å². The van der Waals surface area contributed by atoms with Crippen molar-refractivity contribution < 1.29 is 17.9 Å². The Balaban J connectivity index is 1.72. The van der Waals surface area contributed by atoms with E-state index >= 15 is 0 Å². The van der Waals surface area contributed by atoms with Gasteiger partial charge in [0.1, 0.15) is 0 Å². The second-order valence-electron chi connectivity index (χ2n) is 5.99. The first-order valence-corrected chi connectivity index (χ1v) is 9.80. The Hall–Kier alpha value is -1.68. The van der Waals surface area contributed by atoms with E-state index in [1.165, 1.54) is 12.1 Å².